The lowest BCUT2D eigenvalue weighted by Gasteiger charge is -2.21. The fraction of sp³-hybridized carbons (Fsp3) is 0.538. The zero-order valence-corrected chi connectivity index (χ0v) is 11.0. The predicted molar refractivity (Wildman–Crippen MR) is 68.5 cm³/mol. The average Bonchev–Trinajstić information content (AvgIpc) is 2.34. The maximum Gasteiger partial charge on any atom is 0.354 e. The standard InChI is InChI=1S/C13H20N2O3/c1-9(2)12(8-18-3)14-7-10-5-4-6-11(15-10)13(16)17/h4-6,9,12,14H,7-8H2,1-3H3,(H,16,17). The van der Waals surface area contributed by atoms with Gasteiger partial charge in [0.05, 0.1) is 12.3 Å². The molecule has 0 aromatic carbocycles. The van der Waals surface area contributed by atoms with Gasteiger partial charge in [-0.1, -0.05) is 19.9 Å². The van der Waals surface area contributed by atoms with E-state index in [2.05, 4.69) is 24.1 Å². The van der Waals surface area contributed by atoms with Crippen LogP contribution in [0.2, 0.25) is 0 Å². The van der Waals surface area contributed by atoms with E-state index in [1.807, 2.05) is 6.07 Å². The van der Waals surface area contributed by atoms with Crippen molar-refractivity contribution in [3.8, 4) is 0 Å². The third-order valence-corrected chi connectivity index (χ3v) is 2.72. The van der Waals surface area contributed by atoms with Crippen molar-refractivity contribution < 1.29 is 14.6 Å². The van der Waals surface area contributed by atoms with Crippen LogP contribution in [0.1, 0.15) is 30.0 Å². The van der Waals surface area contributed by atoms with Crippen molar-refractivity contribution >= 4 is 5.97 Å². The van der Waals surface area contributed by atoms with E-state index in [1.165, 1.54) is 6.07 Å². The molecule has 1 aromatic heterocycles. The fourth-order valence-corrected chi connectivity index (χ4v) is 1.60. The second kappa shape index (κ2) is 7.08. The van der Waals surface area contributed by atoms with E-state index in [9.17, 15) is 4.79 Å². The molecule has 0 aliphatic carbocycles. The third kappa shape index (κ3) is 4.43. The van der Waals surface area contributed by atoms with Gasteiger partial charge in [-0.05, 0) is 18.1 Å². The van der Waals surface area contributed by atoms with Crippen molar-refractivity contribution in [2.45, 2.75) is 26.4 Å². The van der Waals surface area contributed by atoms with E-state index in [4.69, 9.17) is 9.84 Å². The number of nitrogens with one attached hydrogen (secondary N) is 1. The molecule has 0 fully saturated rings. The summed E-state index contributed by atoms with van der Waals surface area (Å²) in [5.41, 5.74) is 0.791. The highest BCUT2D eigenvalue weighted by molar-refractivity contribution is 5.85. The van der Waals surface area contributed by atoms with Gasteiger partial charge in [0.1, 0.15) is 5.69 Å². The first-order valence-electron chi connectivity index (χ1n) is 5.96. The van der Waals surface area contributed by atoms with Crippen LogP contribution in [-0.2, 0) is 11.3 Å². The number of ether oxygens (including phenoxy) is 1. The lowest BCUT2D eigenvalue weighted by molar-refractivity contribution is 0.0690. The van der Waals surface area contributed by atoms with E-state index in [-0.39, 0.29) is 11.7 Å². The van der Waals surface area contributed by atoms with Gasteiger partial charge >= 0.3 is 5.97 Å². The van der Waals surface area contributed by atoms with Crippen LogP contribution in [0.4, 0.5) is 0 Å². The summed E-state index contributed by atoms with van der Waals surface area (Å²) in [4.78, 5) is 14.9. The number of hydrogen-bond donors (Lipinski definition) is 2. The summed E-state index contributed by atoms with van der Waals surface area (Å²) in [6, 6.07) is 5.23. The van der Waals surface area contributed by atoms with Crippen LogP contribution < -0.4 is 5.32 Å². The number of aromatic nitrogens is 1. The molecular weight excluding hydrogens is 232 g/mol. The molecule has 0 bridgehead atoms. The molecule has 1 atom stereocenters. The van der Waals surface area contributed by atoms with Crippen molar-refractivity contribution in [1.29, 1.82) is 0 Å². The number of carboxylic acid groups (broad SMARTS) is 1. The van der Waals surface area contributed by atoms with Crippen LogP contribution >= 0.6 is 0 Å². The van der Waals surface area contributed by atoms with E-state index >= 15 is 0 Å². The summed E-state index contributed by atoms with van der Waals surface area (Å²) in [5.74, 6) is -0.568. The van der Waals surface area contributed by atoms with Gasteiger partial charge in [0.2, 0.25) is 0 Å². The van der Waals surface area contributed by atoms with E-state index < -0.39 is 5.97 Å². The van der Waals surface area contributed by atoms with Gasteiger partial charge in [-0.25, -0.2) is 9.78 Å². The maximum atomic E-state index is 10.8. The third-order valence-electron chi connectivity index (χ3n) is 2.72. The Balaban J connectivity index is 2.61. The Labute approximate surface area is 107 Å². The van der Waals surface area contributed by atoms with Crippen molar-refractivity contribution in [2.75, 3.05) is 13.7 Å². The molecule has 1 heterocycles. The monoisotopic (exact) mass is 252 g/mol. The summed E-state index contributed by atoms with van der Waals surface area (Å²) < 4.78 is 5.14. The minimum Gasteiger partial charge on any atom is -0.477 e. The highest BCUT2D eigenvalue weighted by Gasteiger charge is 2.13. The van der Waals surface area contributed by atoms with Crippen molar-refractivity contribution in [3.05, 3.63) is 29.6 Å². The van der Waals surface area contributed by atoms with Gasteiger partial charge in [-0.2, -0.15) is 0 Å². The van der Waals surface area contributed by atoms with Gasteiger partial charge in [-0.3, -0.25) is 0 Å². The number of nitrogens with zero attached hydrogens (tertiary/aromatic N) is 1. The van der Waals surface area contributed by atoms with Crippen LogP contribution in [0.3, 0.4) is 0 Å². The Morgan fingerprint density at radius 1 is 1.50 bits per heavy atom. The molecule has 18 heavy (non-hydrogen) atoms. The normalized spacial score (nSPS) is 12.7. The number of rotatable bonds is 7. The summed E-state index contributed by atoms with van der Waals surface area (Å²) in [5, 5.41) is 12.2. The highest BCUT2D eigenvalue weighted by Crippen LogP contribution is 2.05. The molecule has 2 N–H and O–H groups in total. The largest absolute Gasteiger partial charge is 0.477 e. The SMILES string of the molecule is COCC(NCc1cccc(C(=O)O)n1)C(C)C. The molecule has 1 rings (SSSR count). The molecule has 5 nitrogen and oxygen atoms in total. The summed E-state index contributed by atoms with van der Waals surface area (Å²) in [7, 11) is 1.67. The van der Waals surface area contributed by atoms with Crippen LogP contribution in [0.5, 0.6) is 0 Å². The maximum absolute atomic E-state index is 10.8. The topological polar surface area (TPSA) is 71.5 Å². The van der Waals surface area contributed by atoms with Gasteiger partial charge in [-0.15, -0.1) is 0 Å². The second-order valence-corrected chi connectivity index (χ2v) is 4.51. The Bertz CT molecular complexity index is 394. The summed E-state index contributed by atoms with van der Waals surface area (Å²) in [6.45, 7) is 5.37. The molecular formula is C13H20N2O3. The second-order valence-electron chi connectivity index (χ2n) is 4.51. The Morgan fingerprint density at radius 3 is 2.78 bits per heavy atom. The number of pyridine rings is 1. The van der Waals surface area contributed by atoms with E-state index in [1.54, 1.807) is 13.2 Å². The van der Waals surface area contributed by atoms with Gasteiger partial charge in [0.25, 0.3) is 0 Å². The molecule has 0 saturated heterocycles. The van der Waals surface area contributed by atoms with Crippen LogP contribution in [0, 0.1) is 5.92 Å². The van der Waals surface area contributed by atoms with Crippen LogP contribution in [0.15, 0.2) is 18.2 Å². The Kier molecular flexibility index (Phi) is 5.74. The fourth-order valence-electron chi connectivity index (χ4n) is 1.60. The Hall–Kier alpha value is -1.46. The van der Waals surface area contributed by atoms with Gasteiger partial charge in [0, 0.05) is 19.7 Å². The number of hydrogen-bond acceptors (Lipinski definition) is 4. The number of carboxylic acids is 1. The molecule has 5 heteroatoms. The average molecular weight is 252 g/mol. The zero-order chi connectivity index (χ0) is 13.5. The molecule has 100 valence electrons. The number of methoxy groups -OCH3 is 1. The molecule has 0 aliphatic rings. The highest BCUT2D eigenvalue weighted by atomic mass is 16.5. The van der Waals surface area contributed by atoms with Crippen molar-refractivity contribution in [3.63, 3.8) is 0 Å². The molecule has 1 unspecified atom stereocenters. The number of aromatic carboxylic acids is 1. The quantitative estimate of drug-likeness (QED) is 0.770. The molecule has 0 aliphatic heterocycles. The Morgan fingerprint density at radius 2 is 2.22 bits per heavy atom. The minimum atomic E-state index is -1.01. The smallest absolute Gasteiger partial charge is 0.354 e. The molecule has 0 radical (unpaired) electrons. The summed E-state index contributed by atoms with van der Waals surface area (Å²) in [6.07, 6.45) is 0. The summed E-state index contributed by atoms with van der Waals surface area (Å²) >= 11 is 0. The molecule has 0 amide bonds. The lowest BCUT2D eigenvalue weighted by Crippen LogP contribution is -2.37. The van der Waals surface area contributed by atoms with Crippen LogP contribution in [-0.4, -0.2) is 35.8 Å². The van der Waals surface area contributed by atoms with E-state index in [0.717, 1.165) is 5.69 Å². The van der Waals surface area contributed by atoms with Gasteiger partial charge in [0.15, 0.2) is 0 Å². The number of carbonyl (C=O) groups is 1. The molecule has 0 saturated carbocycles. The van der Waals surface area contributed by atoms with Crippen molar-refractivity contribution in [2.24, 2.45) is 5.92 Å². The zero-order valence-electron chi connectivity index (χ0n) is 11.0. The van der Waals surface area contributed by atoms with E-state index in [0.29, 0.717) is 19.1 Å². The first kappa shape index (κ1) is 14.6. The van der Waals surface area contributed by atoms with Crippen molar-refractivity contribution in [1.82, 2.24) is 10.3 Å². The molecule has 0 spiro atoms. The lowest BCUT2D eigenvalue weighted by atomic mass is 10.1. The first-order chi connectivity index (χ1) is 8.54. The first-order valence-corrected chi connectivity index (χ1v) is 5.96. The molecule has 1 aromatic rings. The minimum absolute atomic E-state index is 0.0714. The van der Waals surface area contributed by atoms with Gasteiger partial charge < -0.3 is 15.2 Å². The van der Waals surface area contributed by atoms with Crippen LogP contribution in [0.25, 0.3) is 0 Å². The predicted octanol–water partition coefficient (Wildman–Crippen LogP) is 1.54.